The molecule has 90 valence electrons. The van der Waals surface area contributed by atoms with Gasteiger partial charge in [0, 0.05) is 24.9 Å². The van der Waals surface area contributed by atoms with E-state index in [9.17, 15) is 4.79 Å². The molecule has 0 bridgehead atoms. The molecule has 2 rings (SSSR count). The lowest BCUT2D eigenvalue weighted by Gasteiger charge is -2.22. The van der Waals surface area contributed by atoms with E-state index in [1.165, 1.54) is 5.56 Å². The number of carbonyl (C=O) groups is 1. The molecule has 1 aliphatic heterocycles. The van der Waals surface area contributed by atoms with Gasteiger partial charge in [-0.1, -0.05) is 36.4 Å². The third-order valence-corrected chi connectivity index (χ3v) is 2.65. The van der Waals surface area contributed by atoms with Gasteiger partial charge in [0.15, 0.2) is 5.78 Å². The van der Waals surface area contributed by atoms with Crippen LogP contribution in [0.2, 0.25) is 0 Å². The Kier molecular flexibility index (Phi) is 5.16. The number of hydrogen-bond donors (Lipinski definition) is 0. The van der Waals surface area contributed by atoms with E-state index in [-0.39, 0.29) is 22.8 Å². The summed E-state index contributed by atoms with van der Waals surface area (Å²) in [6.07, 6.45) is 5.85. The number of benzene rings is 1. The van der Waals surface area contributed by atoms with Gasteiger partial charge < -0.3 is 4.90 Å². The molecule has 1 aromatic carbocycles. The van der Waals surface area contributed by atoms with Crippen LogP contribution in [0.1, 0.15) is 12.5 Å². The van der Waals surface area contributed by atoms with Crippen molar-refractivity contribution in [2.75, 3.05) is 6.54 Å². The Hall–Kier alpha value is -1.35. The molecule has 1 aromatic rings. The Morgan fingerprint density at radius 3 is 2.53 bits per heavy atom. The summed E-state index contributed by atoms with van der Waals surface area (Å²) in [6, 6.07) is 10.3. The molecule has 1 heterocycles. The number of Topliss-reactive ketones (excluding diaryl/α,β-unsaturated/α-hetero) is 1. The first kappa shape index (κ1) is 13.7. The Morgan fingerprint density at radius 2 is 2.00 bits per heavy atom. The lowest BCUT2D eigenvalue weighted by atomic mass is 10.1. The lowest BCUT2D eigenvalue weighted by Crippen LogP contribution is -2.20. The molecule has 0 unspecified atom stereocenters. The summed E-state index contributed by atoms with van der Waals surface area (Å²) in [6.45, 7) is 3.29. The van der Waals surface area contributed by atoms with Crippen molar-refractivity contribution in [2.45, 2.75) is 13.5 Å². The van der Waals surface area contributed by atoms with Gasteiger partial charge in [-0.2, -0.15) is 0 Å². The summed E-state index contributed by atoms with van der Waals surface area (Å²) in [4.78, 5) is 13.3. The first-order valence-electron chi connectivity index (χ1n) is 5.43. The number of rotatable bonds is 3. The number of halogens is 1. The van der Waals surface area contributed by atoms with E-state index in [0.29, 0.717) is 0 Å². The fraction of sp³-hybridized carbons (Fsp3) is 0.214. The maximum absolute atomic E-state index is 11.1. The van der Waals surface area contributed by atoms with Gasteiger partial charge in [0.25, 0.3) is 0 Å². The first-order valence-corrected chi connectivity index (χ1v) is 5.43. The highest BCUT2D eigenvalue weighted by Gasteiger charge is 2.07. The van der Waals surface area contributed by atoms with Crippen LogP contribution in [0.25, 0.3) is 0 Å². The minimum absolute atomic E-state index is 0. The topological polar surface area (TPSA) is 20.3 Å². The van der Waals surface area contributed by atoms with Crippen molar-refractivity contribution in [2.24, 2.45) is 0 Å². The molecule has 0 aliphatic carbocycles. The fourth-order valence-corrected chi connectivity index (χ4v) is 1.73. The number of carbonyl (C=O) groups excluding carboxylic acids is 1. The average molecular weight is 294 g/mol. The Labute approximate surface area is 112 Å². The smallest absolute Gasteiger partial charge is 0.159 e. The summed E-state index contributed by atoms with van der Waals surface area (Å²) in [5, 5.41) is 0. The summed E-state index contributed by atoms with van der Waals surface area (Å²) >= 11 is 0. The molecule has 3 heteroatoms. The predicted molar refractivity (Wildman–Crippen MR) is 75.1 cm³/mol. The zero-order valence-electron chi connectivity index (χ0n) is 9.80. The van der Waals surface area contributed by atoms with Gasteiger partial charge in [-0.25, -0.2) is 0 Å². The minimum Gasteiger partial charge on any atom is -0.369 e. The summed E-state index contributed by atoms with van der Waals surface area (Å²) < 4.78 is 0. The Morgan fingerprint density at radius 1 is 1.29 bits per heavy atom. The molecule has 0 saturated carbocycles. The molecule has 17 heavy (non-hydrogen) atoms. The van der Waals surface area contributed by atoms with Gasteiger partial charge in [-0.3, -0.25) is 4.79 Å². The van der Waals surface area contributed by atoms with E-state index < -0.39 is 0 Å². The normalized spacial score (nSPS) is 13.9. The second-order valence-electron chi connectivity index (χ2n) is 3.95. The maximum atomic E-state index is 11.1. The third-order valence-electron chi connectivity index (χ3n) is 2.65. The largest absolute Gasteiger partial charge is 0.369 e. The van der Waals surface area contributed by atoms with Crippen molar-refractivity contribution < 1.29 is 4.79 Å². The van der Waals surface area contributed by atoms with Gasteiger partial charge in [-0.15, -0.1) is 17.0 Å². The molecule has 0 atom stereocenters. The number of ketones is 1. The van der Waals surface area contributed by atoms with Crippen molar-refractivity contribution >= 4 is 22.8 Å². The van der Waals surface area contributed by atoms with Gasteiger partial charge in [0.2, 0.25) is 0 Å². The van der Waals surface area contributed by atoms with E-state index >= 15 is 0 Å². The predicted octanol–water partition coefficient (Wildman–Crippen LogP) is 3.11. The molecular formula is C14H16BrNO. The molecule has 0 N–H and O–H groups in total. The van der Waals surface area contributed by atoms with E-state index in [4.69, 9.17) is 0 Å². The summed E-state index contributed by atoms with van der Waals surface area (Å²) in [5.74, 6) is 0.135. The lowest BCUT2D eigenvalue weighted by molar-refractivity contribution is -0.113. The van der Waals surface area contributed by atoms with E-state index in [1.54, 1.807) is 6.92 Å². The zero-order valence-corrected chi connectivity index (χ0v) is 11.5. The molecule has 2 nitrogen and oxygen atoms in total. The van der Waals surface area contributed by atoms with Crippen molar-refractivity contribution in [3.8, 4) is 0 Å². The van der Waals surface area contributed by atoms with Crippen molar-refractivity contribution in [1.82, 2.24) is 4.90 Å². The molecule has 0 radical (unpaired) electrons. The highest BCUT2D eigenvalue weighted by molar-refractivity contribution is 8.93. The minimum atomic E-state index is 0. The van der Waals surface area contributed by atoms with Crippen LogP contribution in [0.3, 0.4) is 0 Å². The molecule has 1 aliphatic rings. The maximum Gasteiger partial charge on any atom is 0.159 e. The standard InChI is InChI=1S/C14H15NO.BrH/c1-12(16)14-7-9-15(10-8-14)11-13-5-3-2-4-6-13;/h2-9H,10-11H2,1H3;1H. The molecule has 0 amide bonds. The van der Waals surface area contributed by atoms with Crippen LogP contribution in [-0.2, 0) is 11.3 Å². The molecule has 0 fully saturated rings. The summed E-state index contributed by atoms with van der Waals surface area (Å²) in [5.41, 5.74) is 2.09. The SMILES string of the molecule is Br.CC(=O)C1=CCN(Cc2ccccc2)C=C1. The second-order valence-corrected chi connectivity index (χ2v) is 3.95. The van der Waals surface area contributed by atoms with Crippen LogP contribution in [0.4, 0.5) is 0 Å². The Balaban J connectivity index is 0.00000144. The molecule has 0 aromatic heterocycles. The number of allylic oxidation sites excluding steroid dienone is 2. The van der Waals surface area contributed by atoms with Crippen LogP contribution in [-0.4, -0.2) is 17.2 Å². The monoisotopic (exact) mass is 293 g/mol. The summed E-state index contributed by atoms with van der Waals surface area (Å²) in [7, 11) is 0. The van der Waals surface area contributed by atoms with Crippen LogP contribution in [0.5, 0.6) is 0 Å². The van der Waals surface area contributed by atoms with Gasteiger partial charge in [0.05, 0.1) is 0 Å². The quantitative estimate of drug-likeness (QED) is 0.853. The van der Waals surface area contributed by atoms with E-state index in [1.807, 2.05) is 36.6 Å². The highest BCUT2D eigenvalue weighted by Crippen LogP contribution is 2.11. The van der Waals surface area contributed by atoms with Crippen molar-refractivity contribution in [3.63, 3.8) is 0 Å². The second kappa shape index (κ2) is 6.40. The first-order chi connectivity index (χ1) is 7.75. The zero-order chi connectivity index (χ0) is 11.4. The van der Waals surface area contributed by atoms with E-state index in [0.717, 1.165) is 18.7 Å². The van der Waals surface area contributed by atoms with E-state index in [2.05, 4.69) is 17.0 Å². The van der Waals surface area contributed by atoms with Crippen LogP contribution in [0.15, 0.2) is 54.3 Å². The third kappa shape index (κ3) is 3.86. The van der Waals surface area contributed by atoms with Gasteiger partial charge in [0.1, 0.15) is 0 Å². The molecule has 0 saturated heterocycles. The van der Waals surface area contributed by atoms with Crippen LogP contribution >= 0.6 is 17.0 Å². The molecular weight excluding hydrogens is 278 g/mol. The highest BCUT2D eigenvalue weighted by atomic mass is 79.9. The van der Waals surface area contributed by atoms with Gasteiger partial charge in [-0.05, 0) is 18.6 Å². The fourth-order valence-electron chi connectivity index (χ4n) is 1.73. The Bertz CT molecular complexity index is 437. The van der Waals surface area contributed by atoms with Gasteiger partial charge >= 0.3 is 0 Å². The average Bonchev–Trinajstić information content (AvgIpc) is 2.31. The number of nitrogens with zero attached hydrogens (tertiary/aromatic N) is 1. The molecule has 0 spiro atoms. The van der Waals surface area contributed by atoms with Crippen LogP contribution in [0, 0.1) is 0 Å². The van der Waals surface area contributed by atoms with Crippen molar-refractivity contribution in [3.05, 3.63) is 59.8 Å². The van der Waals surface area contributed by atoms with Crippen LogP contribution < -0.4 is 0 Å². The number of hydrogen-bond acceptors (Lipinski definition) is 2. The van der Waals surface area contributed by atoms with Crippen molar-refractivity contribution in [1.29, 1.82) is 0 Å².